The van der Waals surface area contributed by atoms with Crippen LogP contribution in [0.25, 0.3) is 56.0 Å². The van der Waals surface area contributed by atoms with Crippen LogP contribution in [0, 0.1) is 6.92 Å². The van der Waals surface area contributed by atoms with Gasteiger partial charge >= 0.3 is 0 Å². The molecule has 0 saturated carbocycles. The lowest BCUT2D eigenvalue weighted by Crippen LogP contribution is -2.02. The van der Waals surface area contributed by atoms with E-state index >= 15 is 0 Å². The second-order valence-corrected chi connectivity index (χ2v) is 9.59. The lowest BCUT2D eigenvalue weighted by molar-refractivity contribution is 1.00. The highest BCUT2D eigenvalue weighted by Crippen LogP contribution is 2.38. The largest absolute Gasteiger partial charge is 0.299 e. The molecule has 7 rings (SSSR count). The zero-order valence-electron chi connectivity index (χ0n) is 21.6. The van der Waals surface area contributed by atoms with E-state index in [4.69, 9.17) is 9.97 Å². The number of imidazole rings is 2. The van der Waals surface area contributed by atoms with Gasteiger partial charge in [0.2, 0.25) is 0 Å². The number of aryl methyl sites for hydroxylation is 1. The van der Waals surface area contributed by atoms with Crippen LogP contribution in [0.2, 0.25) is 0 Å². The Bertz CT molecular complexity index is 1840. The van der Waals surface area contributed by atoms with Gasteiger partial charge in [0, 0.05) is 34.8 Å². The van der Waals surface area contributed by atoms with Gasteiger partial charge in [-0.05, 0) is 48.4 Å². The van der Waals surface area contributed by atoms with Gasteiger partial charge in [-0.2, -0.15) is 0 Å². The van der Waals surface area contributed by atoms with Crippen molar-refractivity contribution in [3.63, 3.8) is 0 Å². The third-order valence-electron chi connectivity index (χ3n) is 7.18. The van der Waals surface area contributed by atoms with Crippen LogP contribution in [0.15, 0.2) is 140 Å². The van der Waals surface area contributed by atoms with E-state index < -0.39 is 0 Å². The molecule has 5 aromatic carbocycles. The van der Waals surface area contributed by atoms with Crippen molar-refractivity contribution in [2.45, 2.75) is 6.92 Å². The van der Waals surface area contributed by atoms with Crippen molar-refractivity contribution >= 4 is 11.0 Å². The van der Waals surface area contributed by atoms with E-state index in [1.165, 1.54) is 0 Å². The number of benzene rings is 5. The predicted molar refractivity (Wildman–Crippen MR) is 159 cm³/mol. The van der Waals surface area contributed by atoms with Crippen LogP contribution in [-0.4, -0.2) is 19.1 Å². The lowest BCUT2D eigenvalue weighted by Gasteiger charge is -2.18. The van der Waals surface area contributed by atoms with Gasteiger partial charge in [0.1, 0.15) is 11.6 Å². The second-order valence-electron chi connectivity index (χ2n) is 9.59. The van der Waals surface area contributed by atoms with Crippen LogP contribution < -0.4 is 0 Å². The Kier molecular flexibility index (Phi) is 5.64. The van der Waals surface area contributed by atoms with Crippen molar-refractivity contribution < 1.29 is 0 Å². The molecular formula is C35H26N4. The Balaban J connectivity index is 1.43. The molecule has 0 bridgehead atoms. The first kappa shape index (κ1) is 22.9. The third kappa shape index (κ3) is 4.03. The van der Waals surface area contributed by atoms with Gasteiger partial charge in [-0.1, -0.05) is 97.1 Å². The fourth-order valence-electron chi connectivity index (χ4n) is 5.44. The minimum Gasteiger partial charge on any atom is -0.299 e. The summed E-state index contributed by atoms with van der Waals surface area (Å²) in [5, 5.41) is 0. The fraction of sp³-hybridized carbons (Fsp3) is 0.0286. The monoisotopic (exact) mass is 502 g/mol. The van der Waals surface area contributed by atoms with Crippen molar-refractivity contribution in [1.29, 1.82) is 0 Å². The molecule has 0 amide bonds. The maximum Gasteiger partial charge on any atom is 0.144 e. The summed E-state index contributed by atoms with van der Waals surface area (Å²) in [6, 6.07) is 44.4. The van der Waals surface area contributed by atoms with Crippen LogP contribution in [-0.2, 0) is 0 Å². The van der Waals surface area contributed by atoms with Gasteiger partial charge in [0.05, 0.1) is 16.7 Å². The Morgan fingerprint density at radius 3 is 1.85 bits per heavy atom. The Hall–Kier alpha value is -5.22. The van der Waals surface area contributed by atoms with Crippen LogP contribution >= 0.6 is 0 Å². The summed E-state index contributed by atoms with van der Waals surface area (Å²) in [6.45, 7) is 2.05. The smallest absolute Gasteiger partial charge is 0.144 e. The van der Waals surface area contributed by atoms with Gasteiger partial charge in [0.25, 0.3) is 0 Å². The Morgan fingerprint density at radius 1 is 0.590 bits per heavy atom. The summed E-state index contributed by atoms with van der Waals surface area (Å²) < 4.78 is 4.41. The van der Waals surface area contributed by atoms with Crippen LogP contribution in [0.4, 0.5) is 0 Å². The molecule has 0 aliphatic carbocycles. The molecule has 39 heavy (non-hydrogen) atoms. The zero-order chi connectivity index (χ0) is 26.2. The standard InChI is InChI=1S/C35H26N4/c1-25-37-32-24-28(20-21-33(32)39(25)29-16-9-4-10-17-29)35-36-22-23-38(35)34-30(26-12-5-2-6-13-26)18-11-19-31(34)27-14-7-3-8-15-27/h2-24H,1H3. The number of fused-ring (bicyclic) bond motifs is 1. The number of para-hydroxylation sites is 2. The highest BCUT2D eigenvalue weighted by Gasteiger charge is 2.18. The van der Waals surface area contributed by atoms with E-state index in [2.05, 4.69) is 144 Å². The molecule has 186 valence electrons. The third-order valence-corrected chi connectivity index (χ3v) is 7.18. The first-order chi connectivity index (χ1) is 19.3. The summed E-state index contributed by atoms with van der Waals surface area (Å²) >= 11 is 0. The summed E-state index contributed by atoms with van der Waals surface area (Å²) in [6.07, 6.45) is 3.94. The minimum atomic E-state index is 0.879. The van der Waals surface area contributed by atoms with E-state index in [0.29, 0.717) is 0 Å². The molecule has 0 N–H and O–H groups in total. The van der Waals surface area contributed by atoms with Crippen LogP contribution in [0.5, 0.6) is 0 Å². The van der Waals surface area contributed by atoms with Crippen molar-refractivity contribution in [2.75, 3.05) is 0 Å². The molecular weight excluding hydrogens is 476 g/mol. The first-order valence-corrected chi connectivity index (χ1v) is 13.1. The number of hydrogen-bond donors (Lipinski definition) is 0. The highest BCUT2D eigenvalue weighted by atomic mass is 15.1. The van der Waals surface area contributed by atoms with Crippen LogP contribution in [0.3, 0.4) is 0 Å². The van der Waals surface area contributed by atoms with Gasteiger partial charge in [-0.15, -0.1) is 0 Å². The molecule has 4 heteroatoms. The van der Waals surface area contributed by atoms with E-state index in [0.717, 1.165) is 61.9 Å². The summed E-state index contributed by atoms with van der Waals surface area (Å²) in [5.74, 6) is 1.84. The number of nitrogens with zero attached hydrogens (tertiary/aromatic N) is 4. The van der Waals surface area contributed by atoms with Crippen molar-refractivity contribution in [2.24, 2.45) is 0 Å². The quantitative estimate of drug-likeness (QED) is 0.236. The number of aromatic nitrogens is 4. The average molecular weight is 503 g/mol. The van der Waals surface area contributed by atoms with E-state index in [9.17, 15) is 0 Å². The van der Waals surface area contributed by atoms with Gasteiger partial charge in [-0.25, -0.2) is 9.97 Å². The maximum absolute atomic E-state index is 4.92. The van der Waals surface area contributed by atoms with E-state index in [1.807, 2.05) is 12.3 Å². The molecule has 0 saturated heterocycles. The van der Waals surface area contributed by atoms with Crippen molar-refractivity contribution in [1.82, 2.24) is 19.1 Å². The molecule has 0 radical (unpaired) electrons. The topological polar surface area (TPSA) is 35.6 Å². The summed E-state index contributed by atoms with van der Waals surface area (Å²) in [4.78, 5) is 9.77. The molecule has 0 aliphatic rings. The molecule has 0 fully saturated rings. The SMILES string of the molecule is Cc1nc2cc(-c3nccn3-c3c(-c4ccccc4)cccc3-c3ccccc3)ccc2n1-c1ccccc1. The normalized spacial score (nSPS) is 11.2. The molecule has 0 atom stereocenters. The zero-order valence-corrected chi connectivity index (χ0v) is 21.6. The first-order valence-electron chi connectivity index (χ1n) is 13.1. The number of hydrogen-bond acceptors (Lipinski definition) is 2. The number of rotatable bonds is 5. The predicted octanol–water partition coefficient (Wildman–Crippen LogP) is 8.52. The second kappa shape index (κ2) is 9.58. The van der Waals surface area contributed by atoms with Gasteiger partial charge in [-0.3, -0.25) is 9.13 Å². The Morgan fingerprint density at radius 2 is 1.21 bits per heavy atom. The van der Waals surface area contributed by atoms with Crippen molar-refractivity contribution in [3.05, 3.63) is 146 Å². The van der Waals surface area contributed by atoms with Crippen molar-refractivity contribution in [3.8, 4) is 45.0 Å². The molecule has 0 spiro atoms. The minimum absolute atomic E-state index is 0.879. The van der Waals surface area contributed by atoms with E-state index in [-0.39, 0.29) is 0 Å². The van der Waals surface area contributed by atoms with E-state index in [1.54, 1.807) is 0 Å². The Labute approximate surface area is 227 Å². The summed E-state index contributed by atoms with van der Waals surface area (Å²) in [5.41, 5.74) is 9.90. The molecule has 4 nitrogen and oxygen atoms in total. The maximum atomic E-state index is 4.92. The molecule has 2 aromatic heterocycles. The highest BCUT2D eigenvalue weighted by molar-refractivity contribution is 5.88. The van der Waals surface area contributed by atoms with Crippen LogP contribution in [0.1, 0.15) is 5.82 Å². The molecule has 2 heterocycles. The molecule has 0 unspecified atom stereocenters. The lowest BCUT2D eigenvalue weighted by atomic mass is 9.95. The summed E-state index contributed by atoms with van der Waals surface area (Å²) in [7, 11) is 0. The van der Waals surface area contributed by atoms with Gasteiger partial charge < -0.3 is 0 Å². The average Bonchev–Trinajstić information content (AvgIpc) is 3.61. The fourth-order valence-corrected chi connectivity index (χ4v) is 5.44. The molecule has 0 aliphatic heterocycles. The molecule has 7 aromatic rings. The van der Waals surface area contributed by atoms with Gasteiger partial charge in [0.15, 0.2) is 0 Å².